The van der Waals surface area contributed by atoms with E-state index in [1.165, 1.54) is 0 Å². The zero-order valence-electron chi connectivity index (χ0n) is 11.0. The lowest BCUT2D eigenvalue weighted by molar-refractivity contribution is 0.0538. The second-order valence-corrected chi connectivity index (χ2v) is 4.86. The van der Waals surface area contributed by atoms with E-state index in [9.17, 15) is 0 Å². The minimum Gasteiger partial charge on any atom is -0.377 e. The van der Waals surface area contributed by atoms with Gasteiger partial charge in [0.25, 0.3) is 0 Å². The average Bonchev–Trinajstić information content (AvgIpc) is 2.09. The second-order valence-electron chi connectivity index (χ2n) is 4.86. The fraction of sp³-hybridized carbons (Fsp3) is 1.00. The van der Waals surface area contributed by atoms with Gasteiger partial charge in [0.15, 0.2) is 0 Å². The molecule has 15 heavy (non-hydrogen) atoms. The summed E-state index contributed by atoms with van der Waals surface area (Å²) in [6.45, 7) is 10.5. The van der Waals surface area contributed by atoms with Crippen LogP contribution in [-0.2, 0) is 4.74 Å². The lowest BCUT2D eigenvalue weighted by Crippen LogP contribution is -2.29. The van der Waals surface area contributed by atoms with Crippen LogP contribution in [0.2, 0.25) is 0 Å². The maximum Gasteiger partial charge on any atom is 0.0594 e. The highest BCUT2D eigenvalue weighted by Gasteiger charge is 2.04. The van der Waals surface area contributed by atoms with Crippen LogP contribution < -0.4 is 5.32 Å². The summed E-state index contributed by atoms with van der Waals surface area (Å²) in [5, 5.41) is 3.36. The molecular formula is C12H28N2O. The summed E-state index contributed by atoms with van der Waals surface area (Å²) in [5.41, 5.74) is 0. The Morgan fingerprint density at radius 2 is 1.80 bits per heavy atom. The summed E-state index contributed by atoms with van der Waals surface area (Å²) in [6.07, 6.45) is 1.54. The average molecular weight is 216 g/mol. The molecular weight excluding hydrogens is 188 g/mol. The Bertz CT molecular complexity index is 138. The monoisotopic (exact) mass is 216 g/mol. The van der Waals surface area contributed by atoms with Crippen LogP contribution in [0.5, 0.6) is 0 Å². The van der Waals surface area contributed by atoms with E-state index in [4.69, 9.17) is 4.74 Å². The maximum absolute atomic E-state index is 5.68. The standard InChI is InChI=1S/C12H28N2O/c1-11(2)10-12(3)15-9-7-13-6-8-14(4)5/h11-13H,6-10H2,1-5H3. The van der Waals surface area contributed by atoms with Crippen molar-refractivity contribution in [2.45, 2.75) is 33.3 Å². The molecule has 1 atom stereocenters. The molecule has 0 aromatic heterocycles. The highest BCUT2D eigenvalue weighted by atomic mass is 16.5. The number of ether oxygens (including phenoxy) is 1. The van der Waals surface area contributed by atoms with Gasteiger partial charge in [-0.05, 0) is 33.4 Å². The molecule has 0 heterocycles. The second kappa shape index (κ2) is 9.13. The molecule has 0 aromatic carbocycles. The Kier molecular flexibility index (Phi) is 9.06. The van der Waals surface area contributed by atoms with Crippen molar-refractivity contribution in [2.75, 3.05) is 40.3 Å². The van der Waals surface area contributed by atoms with Gasteiger partial charge in [0.2, 0.25) is 0 Å². The zero-order chi connectivity index (χ0) is 11.7. The molecule has 0 amide bonds. The van der Waals surface area contributed by atoms with E-state index in [0.29, 0.717) is 6.10 Å². The van der Waals surface area contributed by atoms with Crippen molar-refractivity contribution in [2.24, 2.45) is 5.92 Å². The first-order chi connectivity index (χ1) is 7.02. The first kappa shape index (κ1) is 14.9. The van der Waals surface area contributed by atoms with Crippen molar-refractivity contribution in [3.05, 3.63) is 0 Å². The van der Waals surface area contributed by atoms with E-state index in [2.05, 4.69) is 45.1 Å². The van der Waals surface area contributed by atoms with Crippen LogP contribution >= 0.6 is 0 Å². The normalized spacial score (nSPS) is 13.8. The molecule has 0 aromatic rings. The molecule has 0 aliphatic heterocycles. The Morgan fingerprint density at radius 3 is 2.33 bits per heavy atom. The smallest absolute Gasteiger partial charge is 0.0594 e. The molecule has 92 valence electrons. The molecule has 1 unspecified atom stereocenters. The highest BCUT2D eigenvalue weighted by Crippen LogP contribution is 2.06. The van der Waals surface area contributed by atoms with Gasteiger partial charge < -0.3 is 15.0 Å². The number of nitrogens with one attached hydrogen (secondary N) is 1. The predicted molar refractivity (Wildman–Crippen MR) is 66.3 cm³/mol. The Labute approximate surface area is 95.2 Å². The molecule has 0 spiro atoms. The van der Waals surface area contributed by atoms with Gasteiger partial charge in [0.05, 0.1) is 12.7 Å². The largest absolute Gasteiger partial charge is 0.377 e. The van der Waals surface area contributed by atoms with Crippen molar-refractivity contribution in [1.82, 2.24) is 10.2 Å². The summed E-state index contributed by atoms with van der Waals surface area (Å²) in [6, 6.07) is 0. The summed E-state index contributed by atoms with van der Waals surface area (Å²) >= 11 is 0. The molecule has 0 radical (unpaired) electrons. The van der Waals surface area contributed by atoms with Gasteiger partial charge in [-0.15, -0.1) is 0 Å². The van der Waals surface area contributed by atoms with E-state index in [1.54, 1.807) is 0 Å². The van der Waals surface area contributed by atoms with Crippen LogP contribution in [0.25, 0.3) is 0 Å². The number of nitrogens with zero attached hydrogens (tertiary/aromatic N) is 1. The lowest BCUT2D eigenvalue weighted by Gasteiger charge is -2.15. The SMILES string of the molecule is CC(C)CC(C)OCCNCCN(C)C. The number of likely N-dealkylation sites (N-methyl/N-ethyl adjacent to an activating group) is 1. The van der Waals surface area contributed by atoms with E-state index < -0.39 is 0 Å². The van der Waals surface area contributed by atoms with Gasteiger partial charge in [0.1, 0.15) is 0 Å². The fourth-order valence-corrected chi connectivity index (χ4v) is 1.49. The topological polar surface area (TPSA) is 24.5 Å². The van der Waals surface area contributed by atoms with E-state index in [1.807, 2.05) is 0 Å². The molecule has 0 aliphatic carbocycles. The number of hydrogen-bond acceptors (Lipinski definition) is 3. The van der Waals surface area contributed by atoms with Crippen LogP contribution in [0.4, 0.5) is 0 Å². The summed E-state index contributed by atoms with van der Waals surface area (Å²) in [5.74, 6) is 0.724. The molecule has 0 saturated heterocycles. The number of hydrogen-bond donors (Lipinski definition) is 1. The van der Waals surface area contributed by atoms with Gasteiger partial charge in [-0.25, -0.2) is 0 Å². The maximum atomic E-state index is 5.68. The van der Waals surface area contributed by atoms with Crippen molar-refractivity contribution >= 4 is 0 Å². The van der Waals surface area contributed by atoms with Crippen molar-refractivity contribution < 1.29 is 4.74 Å². The van der Waals surface area contributed by atoms with Gasteiger partial charge >= 0.3 is 0 Å². The summed E-state index contributed by atoms with van der Waals surface area (Å²) in [4.78, 5) is 2.18. The molecule has 0 bridgehead atoms. The molecule has 3 heteroatoms. The molecule has 0 aliphatic rings. The van der Waals surface area contributed by atoms with Crippen LogP contribution in [-0.4, -0.2) is 51.3 Å². The van der Waals surface area contributed by atoms with Crippen molar-refractivity contribution in [3.63, 3.8) is 0 Å². The minimum absolute atomic E-state index is 0.389. The molecule has 0 rings (SSSR count). The Morgan fingerprint density at radius 1 is 1.13 bits per heavy atom. The van der Waals surface area contributed by atoms with Gasteiger partial charge in [-0.1, -0.05) is 13.8 Å². The van der Waals surface area contributed by atoms with Gasteiger partial charge in [0, 0.05) is 19.6 Å². The third kappa shape index (κ3) is 11.8. The van der Waals surface area contributed by atoms with Crippen molar-refractivity contribution in [1.29, 1.82) is 0 Å². The first-order valence-corrected chi connectivity index (χ1v) is 5.99. The Balaban J connectivity index is 3.16. The van der Waals surface area contributed by atoms with Gasteiger partial charge in [-0.2, -0.15) is 0 Å². The summed E-state index contributed by atoms with van der Waals surface area (Å²) in [7, 11) is 4.17. The third-order valence-electron chi connectivity index (χ3n) is 2.22. The molecule has 0 saturated carbocycles. The van der Waals surface area contributed by atoms with Crippen LogP contribution in [0.15, 0.2) is 0 Å². The van der Waals surface area contributed by atoms with E-state index in [-0.39, 0.29) is 0 Å². The highest BCUT2D eigenvalue weighted by molar-refractivity contribution is 4.55. The molecule has 3 nitrogen and oxygen atoms in total. The lowest BCUT2D eigenvalue weighted by atomic mass is 10.1. The first-order valence-electron chi connectivity index (χ1n) is 5.99. The quantitative estimate of drug-likeness (QED) is 0.592. The fourth-order valence-electron chi connectivity index (χ4n) is 1.49. The van der Waals surface area contributed by atoms with Gasteiger partial charge in [-0.3, -0.25) is 0 Å². The van der Waals surface area contributed by atoms with Crippen molar-refractivity contribution in [3.8, 4) is 0 Å². The van der Waals surface area contributed by atoms with Crippen LogP contribution in [0.1, 0.15) is 27.2 Å². The minimum atomic E-state index is 0.389. The van der Waals surface area contributed by atoms with E-state index in [0.717, 1.165) is 38.6 Å². The number of rotatable bonds is 9. The van der Waals surface area contributed by atoms with Crippen LogP contribution in [0, 0.1) is 5.92 Å². The van der Waals surface area contributed by atoms with E-state index >= 15 is 0 Å². The molecule has 0 fully saturated rings. The van der Waals surface area contributed by atoms with Crippen LogP contribution in [0.3, 0.4) is 0 Å². The zero-order valence-corrected chi connectivity index (χ0v) is 11.0. The molecule has 1 N–H and O–H groups in total. The third-order valence-corrected chi connectivity index (χ3v) is 2.22. The summed E-state index contributed by atoms with van der Waals surface area (Å²) < 4.78 is 5.68. The predicted octanol–water partition coefficient (Wildman–Crippen LogP) is 1.59. The Hall–Kier alpha value is -0.120.